The van der Waals surface area contributed by atoms with Gasteiger partial charge < -0.3 is 0 Å². The number of halogens is 4. The van der Waals surface area contributed by atoms with E-state index in [1.54, 1.807) is 36.4 Å². The van der Waals surface area contributed by atoms with Gasteiger partial charge in [-0.3, -0.25) is 10.1 Å². The van der Waals surface area contributed by atoms with Gasteiger partial charge in [-0.25, -0.2) is 4.98 Å². The Labute approximate surface area is 163 Å². The lowest BCUT2D eigenvalue weighted by atomic mass is 9.99. The van der Waals surface area contributed by atoms with Gasteiger partial charge in [0.15, 0.2) is 0 Å². The first kappa shape index (κ1) is 18.0. The number of pyridine rings is 1. The summed E-state index contributed by atoms with van der Waals surface area (Å²) >= 11 is 24.7. The third-order valence-corrected chi connectivity index (χ3v) is 4.62. The van der Waals surface area contributed by atoms with Crippen molar-refractivity contribution in [2.75, 3.05) is 0 Å². The molecule has 4 nitrogen and oxygen atoms in total. The van der Waals surface area contributed by atoms with Gasteiger partial charge in [-0.2, -0.15) is 0 Å². The van der Waals surface area contributed by atoms with Crippen LogP contribution in [0.1, 0.15) is 0 Å². The molecule has 1 aromatic heterocycles. The predicted octanol–water partition coefficient (Wildman–Crippen LogP) is 6.94. The van der Waals surface area contributed by atoms with Crippen LogP contribution in [0.4, 0.5) is 5.69 Å². The normalized spacial score (nSPS) is 10.7. The van der Waals surface area contributed by atoms with E-state index >= 15 is 0 Å². The Morgan fingerprint density at radius 2 is 1.36 bits per heavy atom. The van der Waals surface area contributed by atoms with Crippen LogP contribution < -0.4 is 0 Å². The van der Waals surface area contributed by atoms with Crippen molar-refractivity contribution in [2.24, 2.45) is 0 Å². The fraction of sp³-hybridized carbons (Fsp3) is 0. The minimum Gasteiger partial charge on any atom is -0.258 e. The predicted molar refractivity (Wildman–Crippen MR) is 102 cm³/mol. The Morgan fingerprint density at radius 3 is 1.96 bits per heavy atom. The van der Waals surface area contributed by atoms with Gasteiger partial charge in [-0.1, -0.05) is 46.4 Å². The third kappa shape index (κ3) is 3.72. The zero-order chi connectivity index (χ0) is 18.1. The maximum Gasteiger partial charge on any atom is 0.288 e. The summed E-state index contributed by atoms with van der Waals surface area (Å²) in [6, 6.07) is 11.2. The highest BCUT2D eigenvalue weighted by molar-refractivity contribution is 6.36. The van der Waals surface area contributed by atoms with E-state index in [9.17, 15) is 10.1 Å². The molecule has 25 heavy (non-hydrogen) atoms. The van der Waals surface area contributed by atoms with Gasteiger partial charge in [0, 0.05) is 37.8 Å². The van der Waals surface area contributed by atoms with Crippen molar-refractivity contribution < 1.29 is 4.92 Å². The van der Waals surface area contributed by atoms with Crippen LogP contribution in [0.3, 0.4) is 0 Å². The molecule has 126 valence electrons. The van der Waals surface area contributed by atoms with Crippen LogP contribution in [0.5, 0.6) is 0 Å². The SMILES string of the molecule is O=[N+]([O-])c1cnc(-c2cc(Cl)ccc2Cl)c(-c2cc(Cl)ccc2Cl)c1. The first-order chi connectivity index (χ1) is 11.9. The average Bonchev–Trinajstić information content (AvgIpc) is 2.58. The summed E-state index contributed by atoms with van der Waals surface area (Å²) in [6.07, 6.45) is 1.16. The van der Waals surface area contributed by atoms with E-state index in [0.29, 0.717) is 42.5 Å². The first-order valence-electron chi connectivity index (χ1n) is 6.92. The second kappa shape index (κ2) is 7.18. The Morgan fingerprint density at radius 1 is 0.800 bits per heavy atom. The highest BCUT2D eigenvalue weighted by atomic mass is 35.5. The highest BCUT2D eigenvalue weighted by Gasteiger charge is 2.19. The fourth-order valence-corrected chi connectivity index (χ4v) is 3.13. The lowest BCUT2D eigenvalue weighted by Crippen LogP contribution is -1.95. The minimum absolute atomic E-state index is 0.173. The van der Waals surface area contributed by atoms with E-state index in [1.807, 2.05) is 0 Å². The van der Waals surface area contributed by atoms with Crippen molar-refractivity contribution in [2.45, 2.75) is 0 Å². The molecule has 3 rings (SSSR count). The molecular formula is C17H8Cl4N2O2. The van der Waals surface area contributed by atoms with E-state index in [4.69, 9.17) is 46.4 Å². The molecule has 0 N–H and O–H groups in total. The molecule has 0 aliphatic carbocycles. The lowest BCUT2D eigenvalue weighted by Gasteiger charge is -2.12. The summed E-state index contributed by atoms with van der Waals surface area (Å²) in [6.45, 7) is 0. The number of hydrogen-bond acceptors (Lipinski definition) is 3. The Hall–Kier alpha value is -1.85. The second-order valence-electron chi connectivity index (χ2n) is 5.10. The Kier molecular flexibility index (Phi) is 5.16. The van der Waals surface area contributed by atoms with Gasteiger partial charge in [0.25, 0.3) is 5.69 Å². The molecule has 0 radical (unpaired) electrons. The number of benzene rings is 2. The van der Waals surface area contributed by atoms with Crippen molar-refractivity contribution >= 4 is 52.1 Å². The smallest absolute Gasteiger partial charge is 0.258 e. The van der Waals surface area contributed by atoms with E-state index in [-0.39, 0.29) is 5.69 Å². The molecule has 0 fully saturated rings. The van der Waals surface area contributed by atoms with Crippen molar-refractivity contribution in [1.29, 1.82) is 0 Å². The molecule has 3 aromatic rings. The van der Waals surface area contributed by atoms with Crippen molar-refractivity contribution in [3.8, 4) is 22.4 Å². The molecule has 0 aliphatic heterocycles. The lowest BCUT2D eigenvalue weighted by molar-refractivity contribution is -0.385. The maximum atomic E-state index is 11.2. The quantitative estimate of drug-likeness (QED) is 0.345. The number of nitro groups is 1. The van der Waals surface area contributed by atoms with Crippen LogP contribution in [0, 0.1) is 10.1 Å². The average molecular weight is 414 g/mol. The van der Waals surface area contributed by atoms with Gasteiger partial charge in [-0.15, -0.1) is 0 Å². The highest BCUT2D eigenvalue weighted by Crippen LogP contribution is 2.40. The first-order valence-corrected chi connectivity index (χ1v) is 8.43. The number of aromatic nitrogens is 1. The van der Waals surface area contributed by atoms with Crippen LogP contribution in [-0.2, 0) is 0 Å². The van der Waals surface area contributed by atoms with Gasteiger partial charge in [0.1, 0.15) is 6.20 Å². The van der Waals surface area contributed by atoms with Crippen LogP contribution in [-0.4, -0.2) is 9.91 Å². The number of nitrogens with zero attached hydrogens (tertiary/aromatic N) is 2. The summed E-state index contributed by atoms with van der Waals surface area (Å²) in [5, 5.41) is 12.9. The summed E-state index contributed by atoms with van der Waals surface area (Å²) in [4.78, 5) is 14.9. The molecule has 0 atom stereocenters. The molecule has 0 saturated heterocycles. The molecule has 8 heteroatoms. The second-order valence-corrected chi connectivity index (χ2v) is 6.78. The summed E-state index contributed by atoms with van der Waals surface area (Å²) in [7, 11) is 0. The van der Waals surface area contributed by atoms with Crippen LogP contribution >= 0.6 is 46.4 Å². The van der Waals surface area contributed by atoms with Crippen LogP contribution in [0.25, 0.3) is 22.4 Å². The summed E-state index contributed by atoms with van der Waals surface area (Å²) in [5.74, 6) is 0. The van der Waals surface area contributed by atoms with Gasteiger partial charge in [-0.05, 0) is 36.4 Å². The summed E-state index contributed by atoms with van der Waals surface area (Å²) < 4.78 is 0. The fourth-order valence-electron chi connectivity index (χ4n) is 2.36. The zero-order valence-corrected chi connectivity index (χ0v) is 15.4. The molecule has 0 spiro atoms. The maximum absolute atomic E-state index is 11.2. The molecule has 2 aromatic carbocycles. The van der Waals surface area contributed by atoms with Crippen molar-refractivity contribution in [1.82, 2.24) is 4.98 Å². The van der Waals surface area contributed by atoms with Gasteiger partial charge >= 0.3 is 0 Å². The third-order valence-electron chi connectivity index (χ3n) is 3.49. The summed E-state index contributed by atoms with van der Waals surface area (Å²) in [5.41, 5.74) is 1.73. The van der Waals surface area contributed by atoms with Gasteiger partial charge in [0.05, 0.1) is 15.6 Å². The van der Waals surface area contributed by atoms with Crippen LogP contribution in [0.15, 0.2) is 48.7 Å². The largest absolute Gasteiger partial charge is 0.288 e. The molecule has 0 amide bonds. The standard InChI is InChI=1S/C17H8Cl4N2O2/c18-9-1-3-15(20)12(5-9)13-7-11(23(24)25)8-22-17(13)14-6-10(19)2-4-16(14)21/h1-8H. The number of rotatable bonds is 3. The van der Waals surface area contributed by atoms with Crippen molar-refractivity contribution in [3.63, 3.8) is 0 Å². The van der Waals surface area contributed by atoms with Gasteiger partial charge in [0.2, 0.25) is 0 Å². The molecule has 0 unspecified atom stereocenters. The molecule has 0 saturated carbocycles. The van der Waals surface area contributed by atoms with E-state index < -0.39 is 4.92 Å². The monoisotopic (exact) mass is 412 g/mol. The topological polar surface area (TPSA) is 56.0 Å². The molecule has 1 heterocycles. The molecule has 0 aliphatic rings. The van der Waals surface area contributed by atoms with Crippen molar-refractivity contribution in [3.05, 3.63) is 78.9 Å². The van der Waals surface area contributed by atoms with Crippen LogP contribution in [0.2, 0.25) is 20.1 Å². The van der Waals surface area contributed by atoms with E-state index in [1.165, 1.54) is 6.07 Å². The molecule has 0 bridgehead atoms. The Bertz CT molecular complexity index is 992. The number of hydrogen-bond donors (Lipinski definition) is 0. The molecular weight excluding hydrogens is 406 g/mol. The minimum atomic E-state index is -0.529. The zero-order valence-electron chi connectivity index (χ0n) is 12.3. The van der Waals surface area contributed by atoms with E-state index in [2.05, 4.69) is 4.98 Å². The Balaban J connectivity index is 2.34. The van der Waals surface area contributed by atoms with E-state index in [0.717, 1.165) is 6.20 Å².